The third-order valence-corrected chi connectivity index (χ3v) is 4.44. The van der Waals surface area contributed by atoms with Crippen molar-refractivity contribution in [3.63, 3.8) is 0 Å². The SMILES string of the molecule is CCN(CCC(=O)Nc1ccccc1SC)c1ccc(F)c(F)c1. The van der Waals surface area contributed by atoms with E-state index in [1.54, 1.807) is 11.8 Å². The van der Waals surface area contributed by atoms with Crippen LogP contribution in [0.3, 0.4) is 0 Å². The lowest BCUT2D eigenvalue weighted by Crippen LogP contribution is -2.27. The molecule has 0 saturated carbocycles. The lowest BCUT2D eigenvalue weighted by molar-refractivity contribution is -0.116. The van der Waals surface area contributed by atoms with Gasteiger partial charge in [0.1, 0.15) is 0 Å². The molecule has 0 aliphatic carbocycles. The molecule has 1 N–H and O–H groups in total. The van der Waals surface area contributed by atoms with E-state index in [4.69, 9.17) is 0 Å². The van der Waals surface area contributed by atoms with E-state index in [1.807, 2.05) is 42.3 Å². The van der Waals surface area contributed by atoms with Gasteiger partial charge in [-0.05, 0) is 37.4 Å². The molecule has 24 heavy (non-hydrogen) atoms. The van der Waals surface area contributed by atoms with E-state index in [9.17, 15) is 13.6 Å². The molecule has 0 radical (unpaired) electrons. The van der Waals surface area contributed by atoms with Gasteiger partial charge in [0.2, 0.25) is 5.91 Å². The second kappa shape index (κ2) is 8.68. The smallest absolute Gasteiger partial charge is 0.226 e. The van der Waals surface area contributed by atoms with E-state index < -0.39 is 11.6 Å². The van der Waals surface area contributed by atoms with Gasteiger partial charge in [-0.25, -0.2) is 8.78 Å². The van der Waals surface area contributed by atoms with Crippen LogP contribution in [0.25, 0.3) is 0 Å². The summed E-state index contributed by atoms with van der Waals surface area (Å²) in [7, 11) is 0. The molecule has 128 valence electrons. The second-order valence-corrected chi connectivity index (χ2v) is 6.02. The summed E-state index contributed by atoms with van der Waals surface area (Å²) >= 11 is 1.56. The van der Waals surface area contributed by atoms with E-state index in [0.717, 1.165) is 22.7 Å². The van der Waals surface area contributed by atoms with Crippen LogP contribution in [-0.4, -0.2) is 25.3 Å². The van der Waals surface area contributed by atoms with Gasteiger partial charge >= 0.3 is 0 Å². The van der Waals surface area contributed by atoms with Crippen molar-refractivity contribution in [2.24, 2.45) is 0 Å². The van der Waals surface area contributed by atoms with E-state index in [1.165, 1.54) is 6.07 Å². The van der Waals surface area contributed by atoms with Crippen molar-refractivity contribution < 1.29 is 13.6 Å². The number of para-hydroxylation sites is 1. The average molecular weight is 350 g/mol. The monoisotopic (exact) mass is 350 g/mol. The number of hydrogen-bond acceptors (Lipinski definition) is 3. The van der Waals surface area contributed by atoms with E-state index in [2.05, 4.69) is 5.32 Å². The molecule has 0 aliphatic heterocycles. The van der Waals surface area contributed by atoms with Crippen LogP contribution in [0.5, 0.6) is 0 Å². The zero-order valence-electron chi connectivity index (χ0n) is 13.7. The number of amides is 1. The molecule has 0 fully saturated rings. The van der Waals surface area contributed by atoms with Crippen LogP contribution in [0.2, 0.25) is 0 Å². The molecule has 1 amide bonds. The predicted octanol–water partition coefficient (Wildman–Crippen LogP) is 4.54. The number of anilines is 2. The Bertz CT molecular complexity index is 709. The van der Waals surface area contributed by atoms with Crippen LogP contribution >= 0.6 is 11.8 Å². The minimum absolute atomic E-state index is 0.113. The number of nitrogens with one attached hydrogen (secondary N) is 1. The Balaban J connectivity index is 1.97. The third kappa shape index (κ3) is 4.71. The lowest BCUT2D eigenvalue weighted by Gasteiger charge is -2.23. The summed E-state index contributed by atoms with van der Waals surface area (Å²) < 4.78 is 26.4. The molecule has 0 saturated heterocycles. The second-order valence-electron chi connectivity index (χ2n) is 5.18. The van der Waals surface area contributed by atoms with Gasteiger partial charge in [0.05, 0.1) is 5.69 Å². The van der Waals surface area contributed by atoms with Crippen LogP contribution in [0.4, 0.5) is 20.2 Å². The predicted molar refractivity (Wildman–Crippen MR) is 95.7 cm³/mol. The van der Waals surface area contributed by atoms with Gasteiger partial charge in [0.15, 0.2) is 11.6 Å². The van der Waals surface area contributed by atoms with Gasteiger partial charge < -0.3 is 10.2 Å². The Hall–Kier alpha value is -2.08. The summed E-state index contributed by atoms with van der Waals surface area (Å²) in [6.45, 7) is 2.93. The molecule has 2 aromatic carbocycles. The van der Waals surface area contributed by atoms with Crippen molar-refractivity contribution in [3.8, 4) is 0 Å². The zero-order chi connectivity index (χ0) is 17.5. The molecule has 0 spiro atoms. The first-order valence-electron chi connectivity index (χ1n) is 7.68. The number of thioether (sulfide) groups is 1. The van der Waals surface area contributed by atoms with E-state index in [0.29, 0.717) is 18.8 Å². The standard InChI is InChI=1S/C18H20F2N2OS/c1-3-22(13-8-9-14(19)15(20)12-13)11-10-18(23)21-16-6-4-5-7-17(16)24-2/h4-9,12H,3,10-11H2,1-2H3,(H,21,23). The van der Waals surface area contributed by atoms with Gasteiger partial charge in [0, 0.05) is 36.2 Å². The lowest BCUT2D eigenvalue weighted by atomic mass is 10.2. The maximum atomic E-state index is 13.4. The van der Waals surface area contributed by atoms with Gasteiger partial charge in [0.25, 0.3) is 0 Å². The Morgan fingerprint density at radius 2 is 1.92 bits per heavy atom. The van der Waals surface area contributed by atoms with Crippen molar-refractivity contribution in [2.75, 3.05) is 29.6 Å². The number of benzene rings is 2. The highest BCUT2D eigenvalue weighted by Crippen LogP contribution is 2.25. The topological polar surface area (TPSA) is 32.3 Å². The molecule has 2 aromatic rings. The Labute approximate surface area is 145 Å². The number of carbonyl (C=O) groups is 1. The largest absolute Gasteiger partial charge is 0.371 e. The first-order chi connectivity index (χ1) is 11.5. The highest BCUT2D eigenvalue weighted by molar-refractivity contribution is 7.98. The quantitative estimate of drug-likeness (QED) is 0.744. The minimum atomic E-state index is -0.885. The maximum Gasteiger partial charge on any atom is 0.226 e. The molecule has 0 atom stereocenters. The van der Waals surface area contributed by atoms with Gasteiger partial charge in [-0.15, -0.1) is 11.8 Å². The van der Waals surface area contributed by atoms with Crippen LogP contribution < -0.4 is 10.2 Å². The maximum absolute atomic E-state index is 13.4. The fraction of sp³-hybridized carbons (Fsp3) is 0.278. The molecule has 0 heterocycles. The van der Waals surface area contributed by atoms with Gasteiger partial charge in [-0.1, -0.05) is 12.1 Å². The number of hydrogen-bond donors (Lipinski definition) is 1. The molecule has 0 unspecified atom stereocenters. The van der Waals surface area contributed by atoms with Crippen molar-refractivity contribution in [1.29, 1.82) is 0 Å². The fourth-order valence-electron chi connectivity index (χ4n) is 2.35. The Morgan fingerprint density at radius 3 is 2.58 bits per heavy atom. The molecular weight excluding hydrogens is 330 g/mol. The molecule has 3 nitrogen and oxygen atoms in total. The fourth-order valence-corrected chi connectivity index (χ4v) is 2.90. The van der Waals surface area contributed by atoms with Crippen LogP contribution in [0, 0.1) is 11.6 Å². The number of halogens is 2. The molecule has 0 aromatic heterocycles. The summed E-state index contributed by atoms with van der Waals surface area (Å²) in [6, 6.07) is 11.4. The first kappa shape index (κ1) is 18.3. The zero-order valence-corrected chi connectivity index (χ0v) is 14.5. The van der Waals surface area contributed by atoms with Crippen LogP contribution in [0.15, 0.2) is 47.4 Å². The van der Waals surface area contributed by atoms with Crippen LogP contribution in [-0.2, 0) is 4.79 Å². The molecule has 2 rings (SSSR count). The Kier molecular flexibility index (Phi) is 6.61. The summed E-state index contributed by atoms with van der Waals surface area (Å²) in [5, 5.41) is 2.89. The highest BCUT2D eigenvalue weighted by Gasteiger charge is 2.11. The number of carbonyl (C=O) groups excluding carboxylic acids is 1. The summed E-state index contributed by atoms with van der Waals surface area (Å²) in [6.07, 6.45) is 2.21. The van der Waals surface area contributed by atoms with Gasteiger partial charge in [-0.2, -0.15) is 0 Å². The minimum Gasteiger partial charge on any atom is -0.371 e. The van der Waals surface area contributed by atoms with Crippen molar-refractivity contribution in [1.82, 2.24) is 0 Å². The van der Waals surface area contributed by atoms with Crippen molar-refractivity contribution in [2.45, 2.75) is 18.2 Å². The Morgan fingerprint density at radius 1 is 1.17 bits per heavy atom. The molecular formula is C18H20F2N2OS. The molecule has 0 aliphatic rings. The van der Waals surface area contributed by atoms with Crippen molar-refractivity contribution in [3.05, 3.63) is 54.1 Å². The molecule has 0 bridgehead atoms. The average Bonchev–Trinajstić information content (AvgIpc) is 2.59. The van der Waals surface area contributed by atoms with E-state index >= 15 is 0 Å². The third-order valence-electron chi connectivity index (χ3n) is 3.64. The molecule has 6 heteroatoms. The van der Waals surface area contributed by atoms with E-state index in [-0.39, 0.29) is 12.3 Å². The number of rotatable bonds is 7. The normalized spacial score (nSPS) is 10.5. The van der Waals surface area contributed by atoms with Gasteiger partial charge in [-0.3, -0.25) is 4.79 Å². The summed E-state index contributed by atoms with van der Waals surface area (Å²) in [5.41, 5.74) is 1.35. The van der Waals surface area contributed by atoms with Crippen LogP contribution in [0.1, 0.15) is 13.3 Å². The highest BCUT2D eigenvalue weighted by atomic mass is 32.2. The number of nitrogens with zero attached hydrogens (tertiary/aromatic N) is 1. The summed E-state index contributed by atoms with van der Waals surface area (Å²) in [5.74, 6) is -1.87. The summed E-state index contributed by atoms with van der Waals surface area (Å²) in [4.78, 5) is 15.0. The van der Waals surface area contributed by atoms with Crippen molar-refractivity contribution >= 4 is 29.0 Å². The first-order valence-corrected chi connectivity index (χ1v) is 8.90.